The molecule has 1 atom stereocenters. The van der Waals surface area contributed by atoms with E-state index in [1.807, 2.05) is 26.0 Å². The Kier molecular flexibility index (Phi) is 9.28. The molecule has 3 N–H and O–H groups in total. The average molecular weight is 120 g/mol. The Morgan fingerprint density at radius 3 is 1.38 bits per heavy atom. The first-order chi connectivity index (χ1) is 3.46. The van der Waals surface area contributed by atoms with Crippen molar-refractivity contribution >= 4 is 0 Å². The second kappa shape index (κ2) is 6.88. The van der Waals surface area contributed by atoms with Gasteiger partial charge in [0.25, 0.3) is 0 Å². The molecule has 0 bridgehead atoms. The molecule has 3 heteroatoms. The largest absolute Gasteiger partial charge is 0.379 e. The second-order valence-electron chi connectivity index (χ2n) is 2.08. The zero-order valence-corrected chi connectivity index (χ0v) is 6.05. The van der Waals surface area contributed by atoms with Crippen LogP contribution < -0.4 is 5.73 Å². The van der Waals surface area contributed by atoms with Crippen molar-refractivity contribution in [3.05, 3.63) is 0 Å². The summed E-state index contributed by atoms with van der Waals surface area (Å²) in [4.78, 5) is 2.00. The zero-order valence-electron chi connectivity index (χ0n) is 6.05. The van der Waals surface area contributed by atoms with Gasteiger partial charge >= 0.3 is 0 Å². The molecule has 0 aliphatic heterocycles. The molecule has 0 aliphatic rings. The Bertz CT molecular complexity index is 25.9. The van der Waals surface area contributed by atoms with Gasteiger partial charge in [-0.15, -0.1) is 0 Å². The zero-order chi connectivity index (χ0) is 7.15. The van der Waals surface area contributed by atoms with Gasteiger partial charge in [-0.2, -0.15) is 0 Å². The Hall–Kier alpha value is -0.120. The molecule has 0 aromatic heterocycles. The van der Waals surface area contributed by atoms with Gasteiger partial charge in [-0.25, -0.2) is 0 Å². The highest BCUT2D eigenvalue weighted by molar-refractivity contribution is 4.16. The van der Waals surface area contributed by atoms with Crippen LogP contribution >= 0.6 is 0 Å². The first-order valence-corrected chi connectivity index (χ1v) is 2.51. The summed E-state index contributed by atoms with van der Waals surface area (Å²) < 4.78 is 0. The van der Waals surface area contributed by atoms with E-state index in [9.17, 15) is 0 Å². The number of hydrogen-bond acceptors (Lipinski definition) is 3. The maximum absolute atomic E-state index is 7.83. The minimum Gasteiger partial charge on any atom is -0.379 e. The molecule has 0 amide bonds. The molecule has 0 spiro atoms. The molecule has 0 saturated carbocycles. The molecule has 0 fully saturated rings. The van der Waals surface area contributed by atoms with E-state index in [1.165, 1.54) is 6.92 Å². The van der Waals surface area contributed by atoms with Gasteiger partial charge in [-0.1, -0.05) is 0 Å². The monoisotopic (exact) mass is 120 g/mol. The van der Waals surface area contributed by atoms with Gasteiger partial charge in [0.1, 0.15) is 0 Å². The quantitative estimate of drug-likeness (QED) is 0.422. The highest BCUT2D eigenvalue weighted by atomic mass is 16.3. The molecule has 1 unspecified atom stereocenters. The van der Waals surface area contributed by atoms with Gasteiger partial charge in [0.2, 0.25) is 0 Å². The van der Waals surface area contributed by atoms with Gasteiger partial charge in [0.05, 0.1) is 6.23 Å². The van der Waals surface area contributed by atoms with E-state index < -0.39 is 6.23 Å². The molecule has 0 aromatic rings. The van der Waals surface area contributed by atoms with Crippen molar-refractivity contribution in [2.24, 2.45) is 5.73 Å². The third-order valence-corrected chi connectivity index (χ3v) is 0. The molecule has 3 nitrogen and oxygen atoms in total. The number of aliphatic hydroxyl groups is 1. The normalized spacial score (nSPS) is 12.4. The summed E-state index contributed by atoms with van der Waals surface area (Å²) in [6.07, 6.45) is -0.667. The van der Waals surface area contributed by atoms with Gasteiger partial charge in [0, 0.05) is 0 Å². The smallest absolute Gasteiger partial charge is 0.0991 e. The Morgan fingerprint density at radius 2 is 1.38 bits per heavy atom. The average Bonchev–Trinajstić information content (AvgIpc) is 1.25. The summed E-state index contributed by atoms with van der Waals surface area (Å²) in [5.41, 5.74) is 4.67. The van der Waals surface area contributed by atoms with Crippen molar-refractivity contribution in [2.75, 3.05) is 21.1 Å². The van der Waals surface area contributed by atoms with E-state index in [-0.39, 0.29) is 0 Å². The fourth-order valence-electron chi connectivity index (χ4n) is 0. The van der Waals surface area contributed by atoms with Crippen LogP contribution in [0.5, 0.6) is 0 Å². The highest BCUT2D eigenvalue weighted by Gasteiger charge is 1.68. The molecule has 52 valence electrons. The molecule has 0 heterocycles. The number of nitrogens with zero attached hydrogens (tertiary/aromatic N) is 1. The van der Waals surface area contributed by atoms with Gasteiger partial charge in [0.15, 0.2) is 0 Å². The number of nitrogens with two attached hydrogens (primary N) is 1. The first kappa shape index (κ1) is 10.8. The number of aliphatic hydroxyl groups excluding tert-OH is 1. The summed E-state index contributed by atoms with van der Waals surface area (Å²) in [6, 6.07) is 0. The number of hydrogen-bond donors (Lipinski definition) is 2. The van der Waals surface area contributed by atoms with E-state index in [2.05, 4.69) is 5.73 Å². The first-order valence-electron chi connectivity index (χ1n) is 2.51. The second-order valence-corrected chi connectivity index (χ2v) is 2.08. The van der Waals surface area contributed by atoms with Crippen molar-refractivity contribution in [2.45, 2.75) is 13.2 Å². The lowest BCUT2D eigenvalue weighted by atomic mass is 10.7. The van der Waals surface area contributed by atoms with E-state index in [0.717, 1.165) is 0 Å². The standard InChI is InChI=1S/C3H9N.C2H7NO/c1-4(2)3;1-2(3)4/h1-3H3;2,4H,3H2,1H3. The lowest BCUT2D eigenvalue weighted by Crippen LogP contribution is -2.11. The Balaban J connectivity index is 0. The molecular weight excluding hydrogens is 104 g/mol. The lowest BCUT2D eigenvalue weighted by Gasteiger charge is -1.90. The third-order valence-electron chi connectivity index (χ3n) is 0. The highest BCUT2D eigenvalue weighted by Crippen LogP contribution is 1.50. The molecule has 0 radical (unpaired) electrons. The maximum Gasteiger partial charge on any atom is 0.0991 e. The van der Waals surface area contributed by atoms with E-state index in [1.54, 1.807) is 0 Å². The topological polar surface area (TPSA) is 49.5 Å². The maximum atomic E-state index is 7.83. The van der Waals surface area contributed by atoms with Gasteiger partial charge in [-0.05, 0) is 28.1 Å². The summed E-state index contributed by atoms with van der Waals surface area (Å²) >= 11 is 0. The fraction of sp³-hybridized carbons (Fsp3) is 1.00. The van der Waals surface area contributed by atoms with Crippen molar-refractivity contribution in [1.82, 2.24) is 4.90 Å². The SMILES string of the molecule is CC(N)O.CN(C)C. The van der Waals surface area contributed by atoms with Crippen LogP contribution in [0.25, 0.3) is 0 Å². The number of rotatable bonds is 0. The van der Waals surface area contributed by atoms with Crippen molar-refractivity contribution in [1.29, 1.82) is 0 Å². The molecule has 0 aliphatic carbocycles. The van der Waals surface area contributed by atoms with Crippen molar-refractivity contribution in [3.63, 3.8) is 0 Å². The molecule has 0 rings (SSSR count). The molecule has 0 aromatic carbocycles. The fourth-order valence-corrected chi connectivity index (χ4v) is 0. The minimum atomic E-state index is -0.667. The molecular formula is C5H16N2O. The van der Waals surface area contributed by atoms with Crippen LogP contribution in [0.15, 0.2) is 0 Å². The van der Waals surface area contributed by atoms with E-state index in [0.29, 0.717) is 0 Å². The van der Waals surface area contributed by atoms with Crippen LogP contribution in [-0.2, 0) is 0 Å². The predicted molar refractivity (Wildman–Crippen MR) is 35.5 cm³/mol. The molecule has 8 heavy (non-hydrogen) atoms. The summed E-state index contributed by atoms with van der Waals surface area (Å²) in [6.45, 7) is 1.50. The van der Waals surface area contributed by atoms with E-state index in [4.69, 9.17) is 5.11 Å². The van der Waals surface area contributed by atoms with Crippen molar-refractivity contribution < 1.29 is 5.11 Å². The summed E-state index contributed by atoms with van der Waals surface area (Å²) in [7, 11) is 6.00. The van der Waals surface area contributed by atoms with Crippen LogP contribution in [0, 0.1) is 0 Å². The van der Waals surface area contributed by atoms with Gasteiger partial charge in [-0.3, -0.25) is 0 Å². The van der Waals surface area contributed by atoms with Crippen LogP contribution in [0.3, 0.4) is 0 Å². The predicted octanol–water partition coefficient (Wildman–Crippen LogP) is -0.539. The third kappa shape index (κ3) is 9720. The van der Waals surface area contributed by atoms with Crippen LogP contribution in [0.1, 0.15) is 6.92 Å². The van der Waals surface area contributed by atoms with Crippen LogP contribution in [0.2, 0.25) is 0 Å². The lowest BCUT2D eigenvalue weighted by molar-refractivity contribution is 0.203. The summed E-state index contributed by atoms with van der Waals surface area (Å²) in [5.74, 6) is 0. The van der Waals surface area contributed by atoms with Crippen LogP contribution in [0.4, 0.5) is 0 Å². The van der Waals surface area contributed by atoms with Gasteiger partial charge < -0.3 is 15.7 Å². The Morgan fingerprint density at radius 1 is 1.38 bits per heavy atom. The molecule has 0 saturated heterocycles. The summed E-state index contributed by atoms with van der Waals surface area (Å²) in [5, 5.41) is 7.83. The van der Waals surface area contributed by atoms with Crippen LogP contribution in [-0.4, -0.2) is 37.4 Å². The van der Waals surface area contributed by atoms with E-state index >= 15 is 0 Å². The minimum absolute atomic E-state index is 0.667. The van der Waals surface area contributed by atoms with Crippen molar-refractivity contribution in [3.8, 4) is 0 Å². The Labute approximate surface area is 51.1 Å².